The fourth-order valence-electron chi connectivity index (χ4n) is 3.79. The van der Waals surface area contributed by atoms with Crippen molar-refractivity contribution in [2.24, 2.45) is 0 Å². The maximum atomic E-state index is 12.9. The molecule has 182 valence electrons. The molecule has 0 aliphatic carbocycles. The van der Waals surface area contributed by atoms with Crippen molar-refractivity contribution in [3.63, 3.8) is 0 Å². The molecule has 0 bridgehead atoms. The number of aryl methyl sites for hydroxylation is 1. The van der Waals surface area contributed by atoms with E-state index in [0.29, 0.717) is 17.2 Å². The summed E-state index contributed by atoms with van der Waals surface area (Å²) in [6.07, 6.45) is -0.00236. The summed E-state index contributed by atoms with van der Waals surface area (Å²) in [5.74, 6) is 0.325. The molecule has 0 saturated carbocycles. The second-order valence-corrected chi connectivity index (χ2v) is 10.8. The van der Waals surface area contributed by atoms with Crippen LogP contribution >= 0.6 is 11.3 Å². The molecule has 0 spiro atoms. The van der Waals surface area contributed by atoms with Gasteiger partial charge in [0.05, 0.1) is 38.4 Å². The van der Waals surface area contributed by atoms with Gasteiger partial charge >= 0.3 is 0 Å². The predicted molar refractivity (Wildman–Crippen MR) is 140 cm³/mol. The fraction of sp³-hybridized carbons (Fsp3) is 0.120. The fourth-order valence-corrected chi connectivity index (χ4v) is 5.28. The number of carbonyl (C=O) groups is 1. The van der Waals surface area contributed by atoms with Crippen molar-refractivity contribution >= 4 is 43.2 Å². The number of anilines is 1. The van der Waals surface area contributed by atoms with Crippen LogP contribution in [0.4, 0.5) is 5.69 Å². The van der Waals surface area contributed by atoms with Gasteiger partial charge in [-0.2, -0.15) is 5.10 Å². The summed E-state index contributed by atoms with van der Waals surface area (Å²) in [6.45, 7) is 1.91. The number of nitrogens with zero attached hydrogens (tertiary/aromatic N) is 4. The first kappa shape index (κ1) is 23.8. The standard InChI is InChI=1S/C25H22N6O3S2/c1-16-5-3-8-24(28-16)31-22(17-9-10-21-23(11-17)35-15-27-21)13-19(30-31)14-25(32)29-18-6-4-7-20(12-18)36(33,34)26-2/h3-13,15,26H,14H2,1-2H3,(H,29,32). The molecular weight excluding hydrogens is 496 g/mol. The van der Waals surface area contributed by atoms with Crippen LogP contribution in [0.5, 0.6) is 0 Å². The highest BCUT2D eigenvalue weighted by molar-refractivity contribution is 7.89. The van der Waals surface area contributed by atoms with Gasteiger partial charge in [-0.3, -0.25) is 4.79 Å². The van der Waals surface area contributed by atoms with E-state index in [-0.39, 0.29) is 17.2 Å². The average Bonchev–Trinajstić information content (AvgIpc) is 3.50. The average molecular weight is 519 g/mol. The van der Waals surface area contributed by atoms with E-state index < -0.39 is 10.0 Å². The maximum absolute atomic E-state index is 12.9. The number of pyridine rings is 1. The molecule has 36 heavy (non-hydrogen) atoms. The summed E-state index contributed by atoms with van der Waals surface area (Å²) < 4.78 is 29.2. The van der Waals surface area contributed by atoms with Gasteiger partial charge in [-0.25, -0.2) is 27.8 Å². The molecule has 0 fully saturated rings. The topological polar surface area (TPSA) is 119 Å². The third-order valence-corrected chi connectivity index (χ3v) is 7.72. The van der Waals surface area contributed by atoms with Crippen molar-refractivity contribution in [2.75, 3.05) is 12.4 Å². The Morgan fingerprint density at radius 1 is 1.06 bits per heavy atom. The highest BCUT2D eigenvalue weighted by atomic mass is 32.2. The van der Waals surface area contributed by atoms with Crippen LogP contribution in [0.2, 0.25) is 0 Å². The molecule has 0 radical (unpaired) electrons. The summed E-state index contributed by atoms with van der Waals surface area (Å²) in [5, 5.41) is 7.46. The van der Waals surface area contributed by atoms with Crippen molar-refractivity contribution < 1.29 is 13.2 Å². The zero-order valence-corrected chi connectivity index (χ0v) is 21.1. The van der Waals surface area contributed by atoms with Gasteiger partial charge in [0, 0.05) is 16.9 Å². The summed E-state index contributed by atoms with van der Waals surface area (Å²) >= 11 is 1.56. The number of thiazole rings is 1. The quantitative estimate of drug-likeness (QED) is 0.337. The highest BCUT2D eigenvalue weighted by Gasteiger charge is 2.17. The van der Waals surface area contributed by atoms with E-state index in [2.05, 4.69) is 20.0 Å². The zero-order valence-electron chi connectivity index (χ0n) is 19.5. The lowest BCUT2D eigenvalue weighted by atomic mass is 10.1. The Labute approximate surface area is 211 Å². The number of rotatable bonds is 7. The summed E-state index contributed by atoms with van der Waals surface area (Å²) in [7, 11) is -2.28. The number of carbonyl (C=O) groups excluding carboxylic acids is 1. The SMILES string of the molecule is CNS(=O)(=O)c1cccc(NC(=O)Cc2cc(-c3ccc4ncsc4c3)n(-c3cccc(C)n3)n2)c1. The van der Waals surface area contributed by atoms with Crippen LogP contribution in [0.25, 0.3) is 27.3 Å². The van der Waals surface area contributed by atoms with Crippen LogP contribution in [-0.4, -0.2) is 41.1 Å². The van der Waals surface area contributed by atoms with Gasteiger partial charge in [0.15, 0.2) is 5.82 Å². The molecule has 0 atom stereocenters. The van der Waals surface area contributed by atoms with Crippen molar-refractivity contribution in [3.05, 3.63) is 83.6 Å². The molecule has 0 aliphatic heterocycles. The van der Waals surface area contributed by atoms with E-state index in [1.165, 1.54) is 19.2 Å². The number of aromatic nitrogens is 4. The first-order chi connectivity index (χ1) is 17.3. The first-order valence-electron chi connectivity index (χ1n) is 11.0. The largest absolute Gasteiger partial charge is 0.326 e. The van der Waals surface area contributed by atoms with E-state index in [9.17, 15) is 13.2 Å². The number of sulfonamides is 1. The number of hydrogen-bond acceptors (Lipinski definition) is 7. The van der Waals surface area contributed by atoms with Crippen LogP contribution in [0.3, 0.4) is 0 Å². The number of fused-ring (bicyclic) bond motifs is 1. The zero-order chi connectivity index (χ0) is 25.3. The number of benzene rings is 2. The molecule has 3 heterocycles. The minimum Gasteiger partial charge on any atom is -0.326 e. The Bertz CT molecular complexity index is 1690. The van der Waals surface area contributed by atoms with Crippen LogP contribution in [-0.2, 0) is 21.2 Å². The normalized spacial score (nSPS) is 11.6. The lowest BCUT2D eigenvalue weighted by Gasteiger charge is -2.08. The van der Waals surface area contributed by atoms with Crippen molar-refractivity contribution in [3.8, 4) is 17.1 Å². The number of hydrogen-bond donors (Lipinski definition) is 2. The van der Waals surface area contributed by atoms with Gasteiger partial charge < -0.3 is 5.32 Å². The highest BCUT2D eigenvalue weighted by Crippen LogP contribution is 2.29. The Hall–Kier alpha value is -3.93. The van der Waals surface area contributed by atoms with Crippen molar-refractivity contribution in [1.82, 2.24) is 24.5 Å². The first-order valence-corrected chi connectivity index (χ1v) is 13.4. The number of amides is 1. The Kier molecular flexibility index (Phi) is 6.35. The molecule has 0 saturated heterocycles. The lowest BCUT2D eigenvalue weighted by Crippen LogP contribution is -2.19. The maximum Gasteiger partial charge on any atom is 0.240 e. The van der Waals surface area contributed by atoms with Crippen LogP contribution in [0, 0.1) is 6.92 Å². The summed E-state index contributed by atoms with van der Waals surface area (Å²) in [5.41, 5.74) is 6.24. The van der Waals surface area contributed by atoms with Crippen LogP contribution in [0.1, 0.15) is 11.4 Å². The second-order valence-electron chi connectivity index (χ2n) is 8.07. The molecule has 5 rings (SSSR count). The minimum atomic E-state index is -3.62. The molecule has 0 unspecified atom stereocenters. The van der Waals surface area contributed by atoms with Crippen molar-refractivity contribution in [2.45, 2.75) is 18.2 Å². The Morgan fingerprint density at radius 3 is 2.69 bits per heavy atom. The molecule has 0 aliphatic rings. The molecule has 9 nitrogen and oxygen atoms in total. The second kappa shape index (κ2) is 9.61. The van der Waals surface area contributed by atoms with Gasteiger partial charge in [0.2, 0.25) is 15.9 Å². The van der Waals surface area contributed by atoms with Gasteiger partial charge in [-0.15, -0.1) is 11.3 Å². The Balaban J connectivity index is 1.46. The van der Waals surface area contributed by atoms with E-state index in [1.54, 1.807) is 33.7 Å². The van der Waals surface area contributed by atoms with Gasteiger partial charge in [0.25, 0.3) is 0 Å². The lowest BCUT2D eigenvalue weighted by molar-refractivity contribution is -0.115. The molecule has 5 aromatic rings. The van der Waals surface area contributed by atoms with Crippen molar-refractivity contribution in [1.29, 1.82) is 0 Å². The molecule has 2 N–H and O–H groups in total. The smallest absolute Gasteiger partial charge is 0.240 e. The van der Waals surface area contributed by atoms with E-state index in [4.69, 9.17) is 5.10 Å². The molecule has 11 heteroatoms. The molecule has 3 aromatic heterocycles. The van der Waals surface area contributed by atoms with Crippen LogP contribution in [0.15, 0.2) is 77.1 Å². The summed E-state index contributed by atoms with van der Waals surface area (Å²) in [6, 6.07) is 19.6. The van der Waals surface area contributed by atoms with Crippen LogP contribution < -0.4 is 10.0 Å². The molecule has 2 aromatic carbocycles. The van der Waals surface area contributed by atoms with Gasteiger partial charge in [-0.1, -0.05) is 18.2 Å². The minimum absolute atomic E-state index is 0.00236. The number of nitrogens with one attached hydrogen (secondary N) is 2. The van der Waals surface area contributed by atoms with E-state index >= 15 is 0 Å². The van der Waals surface area contributed by atoms with Gasteiger partial charge in [0.1, 0.15) is 0 Å². The van der Waals surface area contributed by atoms with Gasteiger partial charge in [-0.05, 0) is 62.5 Å². The van der Waals surface area contributed by atoms with E-state index in [1.807, 2.05) is 49.4 Å². The molecular formula is C25H22N6O3S2. The summed E-state index contributed by atoms with van der Waals surface area (Å²) in [4.78, 5) is 21.9. The monoisotopic (exact) mass is 518 g/mol. The Morgan fingerprint density at radius 2 is 1.89 bits per heavy atom. The molecule has 1 amide bonds. The third-order valence-electron chi connectivity index (χ3n) is 5.52. The third kappa shape index (κ3) is 4.89. The predicted octanol–water partition coefficient (Wildman–Crippen LogP) is 3.94. The van der Waals surface area contributed by atoms with E-state index in [0.717, 1.165) is 27.2 Å².